The van der Waals surface area contributed by atoms with Crippen molar-refractivity contribution >= 4 is 8.38 Å². The molecule has 2 aromatic carbocycles. The minimum atomic E-state index is -0.966. The molecule has 0 amide bonds. The summed E-state index contributed by atoms with van der Waals surface area (Å²) in [4.78, 5) is 0. The molecule has 0 aliphatic carbocycles. The summed E-state index contributed by atoms with van der Waals surface area (Å²) in [6, 6.07) is 16.0. The van der Waals surface area contributed by atoms with Gasteiger partial charge in [-0.2, -0.15) is 0 Å². The summed E-state index contributed by atoms with van der Waals surface area (Å²) < 4.78 is 11.7. The predicted molar refractivity (Wildman–Crippen MR) is 76.5 cm³/mol. The summed E-state index contributed by atoms with van der Waals surface area (Å²) in [5.41, 5.74) is 2.25. The summed E-state index contributed by atoms with van der Waals surface area (Å²) in [6.45, 7) is 6.03. The molecule has 0 heterocycles. The van der Waals surface area contributed by atoms with Crippen molar-refractivity contribution in [3.05, 3.63) is 59.7 Å². The smallest absolute Gasteiger partial charge is 0.286 e. The minimum absolute atomic E-state index is 0.889. The Bertz CT molecular complexity index is 478. The first-order chi connectivity index (χ1) is 8.66. The normalized spacial score (nSPS) is 10.4. The van der Waals surface area contributed by atoms with Crippen LogP contribution < -0.4 is 9.05 Å². The van der Waals surface area contributed by atoms with Crippen molar-refractivity contribution in [1.82, 2.24) is 0 Å². The first-order valence-corrected chi connectivity index (χ1v) is 7.50. The van der Waals surface area contributed by atoms with E-state index < -0.39 is 8.38 Å². The van der Waals surface area contributed by atoms with E-state index in [4.69, 9.17) is 9.05 Å². The standard InChI is InChI=1S/C15H17O2P/c1-12-8-4-6-10-14(12)16-18(3)17-15-11-7-5-9-13(15)2/h4-11H,1-3H3. The van der Waals surface area contributed by atoms with E-state index in [0.717, 1.165) is 22.6 Å². The van der Waals surface area contributed by atoms with Gasteiger partial charge in [-0.1, -0.05) is 36.4 Å². The second kappa shape index (κ2) is 5.88. The third-order valence-corrected chi connectivity index (χ3v) is 3.55. The van der Waals surface area contributed by atoms with Crippen LogP contribution in [0.3, 0.4) is 0 Å². The fourth-order valence-corrected chi connectivity index (χ4v) is 2.61. The van der Waals surface area contributed by atoms with Crippen LogP contribution in [0.5, 0.6) is 11.5 Å². The van der Waals surface area contributed by atoms with Gasteiger partial charge in [0.05, 0.1) is 0 Å². The van der Waals surface area contributed by atoms with E-state index in [0.29, 0.717) is 0 Å². The van der Waals surface area contributed by atoms with E-state index in [1.165, 1.54) is 0 Å². The van der Waals surface area contributed by atoms with E-state index in [9.17, 15) is 0 Å². The highest BCUT2D eigenvalue weighted by molar-refractivity contribution is 7.47. The van der Waals surface area contributed by atoms with Crippen molar-refractivity contribution in [3.8, 4) is 11.5 Å². The highest BCUT2D eigenvalue weighted by Gasteiger charge is 2.10. The van der Waals surface area contributed by atoms with E-state index in [2.05, 4.69) is 0 Å². The monoisotopic (exact) mass is 260 g/mol. The van der Waals surface area contributed by atoms with E-state index in [1.54, 1.807) is 0 Å². The van der Waals surface area contributed by atoms with E-state index in [1.807, 2.05) is 69.0 Å². The van der Waals surface area contributed by atoms with Crippen LogP contribution in [-0.4, -0.2) is 6.66 Å². The van der Waals surface area contributed by atoms with Gasteiger partial charge in [0, 0.05) is 6.66 Å². The summed E-state index contributed by atoms with van der Waals surface area (Å²) >= 11 is 0. The Hall–Kier alpha value is -1.53. The number of para-hydroxylation sites is 2. The molecular formula is C15H17O2P. The third-order valence-electron chi connectivity index (χ3n) is 2.64. The topological polar surface area (TPSA) is 18.5 Å². The summed E-state index contributed by atoms with van der Waals surface area (Å²) in [7, 11) is -0.966. The maximum absolute atomic E-state index is 5.85. The van der Waals surface area contributed by atoms with Gasteiger partial charge in [-0.15, -0.1) is 0 Å². The first kappa shape index (κ1) is 12.9. The minimum Gasteiger partial charge on any atom is -0.438 e. The predicted octanol–water partition coefficient (Wildman–Crippen LogP) is 4.70. The van der Waals surface area contributed by atoms with Gasteiger partial charge in [-0.25, -0.2) is 0 Å². The number of aryl methyl sites for hydroxylation is 2. The van der Waals surface area contributed by atoms with Crippen LogP contribution in [0.25, 0.3) is 0 Å². The molecule has 2 aromatic rings. The molecule has 0 fully saturated rings. The van der Waals surface area contributed by atoms with Gasteiger partial charge in [0.2, 0.25) is 0 Å². The van der Waals surface area contributed by atoms with E-state index in [-0.39, 0.29) is 0 Å². The Balaban J connectivity index is 2.04. The lowest BCUT2D eigenvalue weighted by Gasteiger charge is -2.17. The maximum atomic E-state index is 5.85. The molecule has 0 aromatic heterocycles. The second-order valence-corrected chi connectivity index (χ2v) is 5.40. The van der Waals surface area contributed by atoms with Gasteiger partial charge in [0.15, 0.2) is 0 Å². The second-order valence-electron chi connectivity index (χ2n) is 4.15. The molecule has 0 unspecified atom stereocenters. The molecule has 0 N–H and O–H groups in total. The number of rotatable bonds is 4. The Morgan fingerprint density at radius 2 is 1.11 bits per heavy atom. The zero-order valence-corrected chi connectivity index (χ0v) is 11.8. The van der Waals surface area contributed by atoms with Crippen molar-refractivity contribution in [2.24, 2.45) is 0 Å². The zero-order valence-electron chi connectivity index (χ0n) is 10.9. The van der Waals surface area contributed by atoms with Crippen LogP contribution in [0.4, 0.5) is 0 Å². The lowest BCUT2D eigenvalue weighted by atomic mass is 10.2. The van der Waals surface area contributed by atoms with Gasteiger partial charge in [0.25, 0.3) is 8.38 Å². The zero-order chi connectivity index (χ0) is 13.0. The quantitative estimate of drug-likeness (QED) is 0.741. The summed E-state index contributed by atoms with van der Waals surface area (Å²) in [6.07, 6.45) is 0. The lowest BCUT2D eigenvalue weighted by molar-refractivity contribution is 0.492. The van der Waals surface area contributed by atoms with Crippen molar-refractivity contribution in [2.75, 3.05) is 6.66 Å². The van der Waals surface area contributed by atoms with Crippen LogP contribution in [0.1, 0.15) is 11.1 Å². The van der Waals surface area contributed by atoms with Crippen molar-refractivity contribution in [2.45, 2.75) is 13.8 Å². The fraction of sp³-hybridized carbons (Fsp3) is 0.200. The largest absolute Gasteiger partial charge is 0.438 e. The van der Waals surface area contributed by atoms with Gasteiger partial charge in [-0.3, -0.25) is 0 Å². The van der Waals surface area contributed by atoms with Crippen LogP contribution in [-0.2, 0) is 0 Å². The molecule has 2 rings (SSSR count). The highest BCUT2D eigenvalue weighted by atomic mass is 31.2. The van der Waals surface area contributed by atoms with Crippen LogP contribution in [0.2, 0.25) is 0 Å². The van der Waals surface area contributed by atoms with Gasteiger partial charge in [-0.05, 0) is 37.1 Å². The lowest BCUT2D eigenvalue weighted by Crippen LogP contribution is -1.96. The molecule has 0 atom stereocenters. The maximum Gasteiger partial charge on any atom is 0.286 e. The molecule has 0 aliphatic heterocycles. The number of hydrogen-bond acceptors (Lipinski definition) is 2. The van der Waals surface area contributed by atoms with Crippen LogP contribution >= 0.6 is 8.38 Å². The Labute approximate surface area is 109 Å². The molecule has 0 saturated heterocycles. The molecule has 0 aliphatic rings. The number of hydrogen-bond donors (Lipinski definition) is 0. The molecule has 3 heteroatoms. The molecule has 0 bridgehead atoms. The van der Waals surface area contributed by atoms with Crippen LogP contribution in [0, 0.1) is 13.8 Å². The average molecular weight is 260 g/mol. The number of benzene rings is 2. The molecule has 18 heavy (non-hydrogen) atoms. The summed E-state index contributed by atoms with van der Waals surface area (Å²) in [5, 5.41) is 0. The Kier molecular flexibility index (Phi) is 4.22. The van der Waals surface area contributed by atoms with E-state index >= 15 is 0 Å². The molecule has 94 valence electrons. The Morgan fingerprint density at radius 3 is 1.50 bits per heavy atom. The SMILES string of the molecule is Cc1ccccc1OP(C)Oc1ccccc1C. The Morgan fingerprint density at radius 1 is 0.722 bits per heavy atom. The molecule has 0 saturated carbocycles. The third kappa shape index (κ3) is 3.24. The molecule has 0 radical (unpaired) electrons. The van der Waals surface area contributed by atoms with Gasteiger partial charge in [0.1, 0.15) is 11.5 Å². The molecular weight excluding hydrogens is 243 g/mol. The highest BCUT2D eigenvalue weighted by Crippen LogP contribution is 2.38. The summed E-state index contributed by atoms with van der Waals surface area (Å²) in [5.74, 6) is 1.78. The molecule has 0 spiro atoms. The van der Waals surface area contributed by atoms with Crippen molar-refractivity contribution in [3.63, 3.8) is 0 Å². The molecule has 2 nitrogen and oxygen atoms in total. The van der Waals surface area contributed by atoms with Crippen molar-refractivity contribution in [1.29, 1.82) is 0 Å². The van der Waals surface area contributed by atoms with Gasteiger partial charge < -0.3 is 9.05 Å². The van der Waals surface area contributed by atoms with Crippen molar-refractivity contribution < 1.29 is 9.05 Å². The average Bonchev–Trinajstić information content (AvgIpc) is 2.35. The first-order valence-electron chi connectivity index (χ1n) is 5.88. The fourth-order valence-electron chi connectivity index (χ4n) is 1.61. The van der Waals surface area contributed by atoms with Crippen LogP contribution in [0.15, 0.2) is 48.5 Å². The van der Waals surface area contributed by atoms with Gasteiger partial charge >= 0.3 is 0 Å².